The van der Waals surface area contributed by atoms with Crippen LogP contribution in [-0.2, 0) is 24.7 Å². The van der Waals surface area contributed by atoms with Gasteiger partial charge in [0.05, 0.1) is 9.79 Å². The Morgan fingerprint density at radius 3 is 1.96 bits per heavy atom. The molecular formula is C15H16N2O6S2. The molecular weight excluding hydrogens is 368 g/mol. The third kappa shape index (κ3) is 5.55. The first kappa shape index (κ1) is 18.9. The third-order valence-electron chi connectivity index (χ3n) is 3.09. The smallest absolute Gasteiger partial charge is 0.262 e. The number of nitrogens with one attached hydrogen (secondary N) is 1. The number of primary sulfonamides is 1. The fraction of sp³-hybridized carbons (Fsp3) is 0.133. The number of rotatable bonds is 6. The lowest BCUT2D eigenvalue weighted by molar-refractivity contribution is -0.118. The van der Waals surface area contributed by atoms with Crippen molar-refractivity contribution in [3.8, 4) is 5.75 Å². The summed E-state index contributed by atoms with van der Waals surface area (Å²) in [4.78, 5) is 11.9. The molecule has 0 heterocycles. The van der Waals surface area contributed by atoms with Gasteiger partial charge in [0.2, 0.25) is 10.0 Å². The van der Waals surface area contributed by atoms with Crippen LogP contribution in [0.5, 0.6) is 5.75 Å². The lowest BCUT2D eigenvalue weighted by Gasteiger charge is -2.08. The van der Waals surface area contributed by atoms with Crippen LogP contribution in [0.1, 0.15) is 0 Å². The Balaban J connectivity index is 1.92. The van der Waals surface area contributed by atoms with Crippen molar-refractivity contribution in [2.75, 3.05) is 18.2 Å². The van der Waals surface area contributed by atoms with E-state index in [9.17, 15) is 21.6 Å². The second kappa shape index (κ2) is 7.21. The Bertz CT molecular complexity index is 966. The number of nitrogens with two attached hydrogens (primary N) is 1. The Hall–Kier alpha value is -2.43. The molecule has 0 aliphatic rings. The van der Waals surface area contributed by atoms with Crippen molar-refractivity contribution in [2.45, 2.75) is 9.79 Å². The van der Waals surface area contributed by atoms with Crippen LogP contribution in [0.4, 0.5) is 5.69 Å². The number of hydrogen-bond acceptors (Lipinski definition) is 6. The molecule has 0 spiro atoms. The summed E-state index contributed by atoms with van der Waals surface area (Å²) < 4.78 is 50.2. The van der Waals surface area contributed by atoms with Gasteiger partial charge < -0.3 is 10.1 Å². The van der Waals surface area contributed by atoms with Crippen molar-refractivity contribution >= 4 is 31.5 Å². The van der Waals surface area contributed by atoms with Gasteiger partial charge in [0.1, 0.15) is 5.75 Å². The van der Waals surface area contributed by atoms with Crippen molar-refractivity contribution < 1.29 is 26.4 Å². The predicted octanol–water partition coefficient (Wildman–Crippen LogP) is 0.755. The number of ether oxygens (including phenoxy) is 1. The van der Waals surface area contributed by atoms with Gasteiger partial charge in [-0.25, -0.2) is 22.0 Å². The van der Waals surface area contributed by atoms with Crippen LogP contribution >= 0.6 is 0 Å². The van der Waals surface area contributed by atoms with E-state index >= 15 is 0 Å². The van der Waals surface area contributed by atoms with E-state index in [1.165, 1.54) is 48.5 Å². The summed E-state index contributed by atoms with van der Waals surface area (Å²) in [6.07, 6.45) is 1.09. The van der Waals surface area contributed by atoms with Crippen molar-refractivity contribution in [3.05, 3.63) is 48.5 Å². The zero-order valence-corrected chi connectivity index (χ0v) is 14.8. The molecule has 0 aliphatic carbocycles. The number of anilines is 1. The summed E-state index contributed by atoms with van der Waals surface area (Å²) >= 11 is 0. The molecule has 2 aromatic rings. The van der Waals surface area contributed by atoms with Crippen molar-refractivity contribution in [2.24, 2.45) is 5.14 Å². The Labute approximate surface area is 145 Å². The molecule has 2 rings (SSSR count). The largest absolute Gasteiger partial charge is 0.484 e. The SMILES string of the molecule is CS(=O)(=O)c1ccc(OCC(=O)Nc2ccc(S(N)(=O)=O)cc2)cc1. The topological polar surface area (TPSA) is 133 Å². The van der Waals surface area contributed by atoms with Crippen LogP contribution in [0.2, 0.25) is 0 Å². The van der Waals surface area contributed by atoms with Gasteiger partial charge in [-0.2, -0.15) is 0 Å². The Morgan fingerprint density at radius 2 is 1.48 bits per heavy atom. The molecule has 25 heavy (non-hydrogen) atoms. The summed E-state index contributed by atoms with van der Waals surface area (Å²) in [6.45, 7) is -0.296. The number of sulfonamides is 1. The summed E-state index contributed by atoms with van der Waals surface area (Å²) in [5, 5.41) is 7.52. The van der Waals surface area contributed by atoms with Crippen LogP contribution < -0.4 is 15.2 Å². The lowest BCUT2D eigenvalue weighted by Crippen LogP contribution is -2.20. The highest BCUT2D eigenvalue weighted by Crippen LogP contribution is 2.16. The summed E-state index contributed by atoms with van der Waals surface area (Å²) in [6, 6.07) is 11.0. The van der Waals surface area contributed by atoms with E-state index in [-0.39, 0.29) is 16.4 Å². The fourth-order valence-electron chi connectivity index (χ4n) is 1.86. The molecule has 0 fully saturated rings. The van der Waals surface area contributed by atoms with Crippen LogP contribution in [-0.4, -0.2) is 35.6 Å². The van der Waals surface area contributed by atoms with Gasteiger partial charge in [-0.15, -0.1) is 0 Å². The van der Waals surface area contributed by atoms with E-state index in [1.54, 1.807) is 0 Å². The molecule has 0 unspecified atom stereocenters. The molecule has 0 saturated heterocycles. The van der Waals surface area contributed by atoms with Gasteiger partial charge in [-0.1, -0.05) is 0 Å². The van der Waals surface area contributed by atoms with E-state index in [0.717, 1.165) is 6.26 Å². The molecule has 8 nitrogen and oxygen atoms in total. The number of carbonyl (C=O) groups excluding carboxylic acids is 1. The molecule has 1 amide bonds. The van der Waals surface area contributed by atoms with E-state index in [0.29, 0.717) is 11.4 Å². The number of benzene rings is 2. The van der Waals surface area contributed by atoms with E-state index in [1.807, 2.05) is 0 Å². The maximum atomic E-state index is 11.8. The molecule has 0 aliphatic heterocycles. The normalized spacial score (nSPS) is 11.8. The number of amides is 1. The molecule has 10 heteroatoms. The van der Waals surface area contributed by atoms with Crippen LogP contribution in [0.25, 0.3) is 0 Å². The second-order valence-corrected chi connectivity index (χ2v) is 8.73. The monoisotopic (exact) mass is 384 g/mol. The van der Waals surface area contributed by atoms with Crippen LogP contribution in [0.3, 0.4) is 0 Å². The first-order valence-electron chi connectivity index (χ1n) is 6.91. The van der Waals surface area contributed by atoms with Gasteiger partial charge >= 0.3 is 0 Å². The fourth-order valence-corrected chi connectivity index (χ4v) is 3.00. The van der Waals surface area contributed by atoms with Crippen molar-refractivity contribution in [3.63, 3.8) is 0 Å². The second-order valence-electron chi connectivity index (χ2n) is 5.15. The average Bonchev–Trinajstić information content (AvgIpc) is 2.52. The van der Waals surface area contributed by atoms with E-state index < -0.39 is 25.8 Å². The Kier molecular flexibility index (Phi) is 5.45. The van der Waals surface area contributed by atoms with E-state index in [2.05, 4.69) is 5.32 Å². The average molecular weight is 384 g/mol. The van der Waals surface area contributed by atoms with Crippen molar-refractivity contribution in [1.29, 1.82) is 0 Å². The summed E-state index contributed by atoms with van der Waals surface area (Å²) in [7, 11) is -7.08. The quantitative estimate of drug-likeness (QED) is 0.755. The summed E-state index contributed by atoms with van der Waals surface area (Å²) in [5.74, 6) is -0.123. The summed E-state index contributed by atoms with van der Waals surface area (Å²) in [5.41, 5.74) is 0.383. The third-order valence-corrected chi connectivity index (χ3v) is 5.15. The van der Waals surface area contributed by atoms with Gasteiger partial charge in [0.25, 0.3) is 5.91 Å². The molecule has 3 N–H and O–H groups in total. The van der Waals surface area contributed by atoms with Gasteiger partial charge in [0, 0.05) is 11.9 Å². The van der Waals surface area contributed by atoms with Crippen LogP contribution in [0.15, 0.2) is 58.3 Å². The minimum Gasteiger partial charge on any atom is -0.484 e. The standard InChI is InChI=1S/C15H16N2O6S2/c1-24(19,20)13-8-4-12(5-9-13)23-10-15(18)17-11-2-6-14(7-3-11)25(16,21)22/h2-9H,10H2,1H3,(H,17,18)(H2,16,21,22). The first-order valence-corrected chi connectivity index (χ1v) is 10.3. The highest BCUT2D eigenvalue weighted by atomic mass is 32.2. The van der Waals surface area contributed by atoms with Gasteiger partial charge in [0.15, 0.2) is 16.4 Å². The zero-order valence-electron chi connectivity index (χ0n) is 13.2. The highest BCUT2D eigenvalue weighted by Gasteiger charge is 2.09. The molecule has 0 bridgehead atoms. The molecule has 134 valence electrons. The van der Waals surface area contributed by atoms with Crippen LogP contribution in [0, 0.1) is 0 Å². The number of hydrogen-bond donors (Lipinski definition) is 2. The van der Waals surface area contributed by atoms with E-state index in [4.69, 9.17) is 9.88 Å². The Morgan fingerprint density at radius 1 is 0.960 bits per heavy atom. The number of sulfone groups is 1. The van der Waals surface area contributed by atoms with Crippen molar-refractivity contribution in [1.82, 2.24) is 0 Å². The number of carbonyl (C=O) groups is 1. The maximum absolute atomic E-state index is 11.8. The minimum atomic E-state index is -3.79. The predicted molar refractivity (Wildman–Crippen MR) is 91.5 cm³/mol. The molecule has 0 radical (unpaired) electrons. The lowest BCUT2D eigenvalue weighted by atomic mass is 10.3. The maximum Gasteiger partial charge on any atom is 0.262 e. The highest BCUT2D eigenvalue weighted by molar-refractivity contribution is 7.90. The molecule has 0 saturated carbocycles. The van der Waals surface area contributed by atoms with Gasteiger partial charge in [-0.3, -0.25) is 4.79 Å². The minimum absolute atomic E-state index is 0.0623. The van der Waals surface area contributed by atoms with Gasteiger partial charge in [-0.05, 0) is 48.5 Å². The first-order chi connectivity index (χ1) is 11.6. The molecule has 0 atom stereocenters. The molecule has 0 aromatic heterocycles. The molecule has 2 aromatic carbocycles. The zero-order chi connectivity index (χ0) is 18.7.